The Morgan fingerprint density at radius 1 is 1.11 bits per heavy atom. The highest BCUT2D eigenvalue weighted by atomic mass is 16.5. The van der Waals surface area contributed by atoms with Crippen LogP contribution >= 0.6 is 0 Å². The molecule has 0 aliphatic carbocycles. The van der Waals surface area contributed by atoms with Gasteiger partial charge in [-0.05, 0) is 24.6 Å². The molecule has 8 nitrogen and oxygen atoms in total. The minimum absolute atomic E-state index is 0.269. The molecule has 0 bridgehead atoms. The van der Waals surface area contributed by atoms with Gasteiger partial charge >= 0.3 is 0 Å². The molecule has 1 amide bonds. The number of nitrogens with zero attached hydrogens (tertiary/aromatic N) is 5. The molecule has 4 rings (SSSR count). The molecule has 0 unspecified atom stereocenters. The number of aryl methyl sites for hydroxylation is 1. The highest BCUT2D eigenvalue weighted by Gasteiger charge is 2.23. The number of nitrogens with one attached hydrogen (secondary N) is 1. The van der Waals surface area contributed by atoms with Gasteiger partial charge in [-0.1, -0.05) is 53.7 Å². The van der Waals surface area contributed by atoms with E-state index in [1.54, 1.807) is 13.1 Å². The van der Waals surface area contributed by atoms with Crippen molar-refractivity contribution in [2.45, 2.75) is 6.92 Å². The quantitative estimate of drug-likeness (QED) is 0.429. The van der Waals surface area contributed by atoms with Crippen molar-refractivity contribution >= 4 is 12.1 Å². The maximum absolute atomic E-state index is 12.6. The van der Waals surface area contributed by atoms with Gasteiger partial charge < -0.3 is 4.52 Å². The number of aromatic nitrogens is 4. The highest BCUT2D eigenvalue weighted by Crippen LogP contribution is 2.23. The van der Waals surface area contributed by atoms with Crippen molar-refractivity contribution in [2.75, 3.05) is 0 Å². The Balaban J connectivity index is 1.57. The second kappa shape index (κ2) is 7.67. The summed E-state index contributed by atoms with van der Waals surface area (Å²) in [6.45, 7) is 1.66. The lowest BCUT2D eigenvalue weighted by molar-refractivity contribution is 0.0954. The summed E-state index contributed by atoms with van der Waals surface area (Å²) in [4.78, 5) is 14.1. The zero-order valence-electron chi connectivity index (χ0n) is 15.0. The maximum atomic E-state index is 12.6. The summed E-state index contributed by atoms with van der Waals surface area (Å²) in [6.07, 6.45) is 3.10. The summed E-state index contributed by atoms with van der Waals surface area (Å²) in [5.74, 6) is -0.0631. The topological polar surface area (TPSA) is 98.2 Å². The van der Waals surface area contributed by atoms with Crippen LogP contribution in [0, 0.1) is 6.92 Å². The molecular weight excluding hydrogens is 356 g/mol. The molecule has 0 aliphatic rings. The van der Waals surface area contributed by atoms with Gasteiger partial charge in [0.05, 0.1) is 18.1 Å². The molecule has 8 heteroatoms. The summed E-state index contributed by atoms with van der Waals surface area (Å²) < 4.78 is 5.21. The number of amides is 1. The molecule has 0 fully saturated rings. The number of carbonyl (C=O) groups excluding carboxylic acids is 1. The number of para-hydroxylation sites is 1. The normalized spacial score (nSPS) is 11.0. The summed E-state index contributed by atoms with van der Waals surface area (Å²) in [5, 5.41) is 16.6. The van der Waals surface area contributed by atoms with Gasteiger partial charge in [0.25, 0.3) is 5.91 Å². The van der Waals surface area contributed by atoms with E-state index in [0.717, 1.165) is 11.3 Å². The lowest BCUT2D eigenvalue weighted by Gasteiger charge is -2.00. The molecule has 4 aromatic rings. The largest absolute Gasteiger partial charge is 0.360 e. The zero-order chi connectivity index (χ0) is 19.3. The Morgan fingerprint density at radius 3 is 2.57 bits per heavy atom. The minimum Gasteiger partial charge on any atom is -0.360 e. The third-order valence-corrected chi connectivity index (χ3v) is 3.99. The Labute approximate surface area is 160 Å². The number of rotatable bonds is 5. The first-order chi connectivity index (χ1) is 13.7. The predicted molar refractivity (Wildman–Crippen MR) is 103 cm³/mol. The molecule has 0 saturated heterocycles. The molecule has 2 heterocycles. The van der Waals surface area contributed by atoms with Crippen LogP contribution in [0.3, 0.4) is 0 Å². The Bertz CT molecular complexity index is 1120. The van der Waals surface area contributed by atoms with E-state index in [2.05, 4.69) is 25.9 Å². The van der Waals surface area contributed by atoms with E-state index >= 15 is 0 Å². The van der Waals surface area contributed by atoms with E-state index in [-0.39, 0.29) is 5.56 Å². The van der Waals surface area contributed by atoms with E-state index in [0.29, 0.717) is 17.1 Å². The van der Waals surface area contributed by atoms with Crippen molar-refractivity contribution in [3.63, 3.8) is 0 Å². The molecule has 28 heavy (non-hydrogen) atoms. The molecule has 0 saturated carbocycles. The predicted octanol–water partition coefficient (Wildman–Crippen LogP) is 2.99. The van der Waals surface area contributed by atoms with Crippen LogP contribution in [0.4, 0.5) is 0 Å². The molecule has 0 radical (unpaired) electrons. The third kappa shape index (κ3) is 3.56. The number of hydrogen-bond acceptors (Lipinski definition) is 6. The summed E-state index contributed by atoms with van der Waals surface area (Å²) in [7, 11) is 0. The molecule has 0 aliphatic heterocycles. The van der Waals surface area contributed by atoms with Crippen LogP contribution in [0.2, 0.25) is 0 Å². The van der Waals surface area contributed by atoms with Gasteiger partial charge in [-0.25, -0.2) is 5.43 Å². The van der Waals surface area contributed by atoms with E-state index < -0.39 is 5.91 Å². The van der Waals surface area contributed by atoms with Gasteiger partial charge in [0.2, 0.25) is 0 Å². The lowest BCUT2D eigenvalue weighted by Crippen LogP contribution is -2.19. The van der Waals surface area contributed by atoms with Crippen LogP contribution in [-0.4, -0.2) is 32.3 Å². The summed E-state index contributed by atoms with van der Waals surface area (Å²) in [6, 6.07) is 18.9. The minimum atomic E-state index is -0.435. The van der Waals surface area contributed by atoms with Gasteiger partial charge in [0, 0.05) is 0 Å². The average Bonchev–Trinajstić information content (AvgIpc) is 3.36. The molecule has 2 aromatic heterocycles. The van der Waals surface area contributed by atoms with Crippen molar-refractivity contribution < 1.29 is 9.32 Å². The Kier molecular flexibility index (Phi) is 4.75. The number of carbonyl (C=O) groups is 1. The van der Waals surface area contributed by atoms with Crippen molar-refractivity contribution in [3.8, 4) is 17.1 Å². The zero-order valence-corrected chi connectivity index (χ0v) is 15.0. The number of benzene rings is 2. The molecule has 0 spiro atoms. The number of hydrogen-bond donors (Lipinski definition) is 1. The van der Waals surface area contributed by atoms with Gasteiger partial charge in [0.15, 0.2) is 0 Å². The molecule has 138 valence electrons. The van der Waals surface area contributed by atoms with E-state index in [1.807, 2.05) is 60.7 Å². The van der Waals surface area contributed by atoms with Gasteiger partial charge in [-0.3, -0.25) is 4.79 Å². The third-order valence-electron chi connectivity index (χ3n) is 3.99. The molecule has 1 N–H and O–H groups in total. The van der Waals surface area contributed by atoms with Crippen molar-refractivity contribution in [2.24, 2.45) is 5.10 Å². The van der Waals surface area contributed by atoms with Crippen molar-refractivity contribution in [1.82, 2.24) is 25.6 Å². The average molecular weight is 372 g/mol. The lowest BCUT2D eigenvalue weighted by atomic mass is 10.1. The van der Waals surface area contributed by atoms with E-state index in [4.69, 9.17) is 4.52 Å². The van der Waals surface area contributed by atoms with Crippen molar-refractivity contribution in [3.05, 3.63) is 83.7 Å². The fourth-order valence-electron chi connectivity index (χ4n) is 2.63. The SMILES string of the molecule is Cc1onc(-c2cnn(-c3ccccc3)n2)c1C(=O)N/N=C/c1ccccc1. The van der Waals surface area contributed by atoms with Gasteiger partial charge in [-0.2, -0.15) is 15.0 Å². The first-order valence-corrected chi connectivity index (χ1v) is 8.55. The monoisotopic (exact) mass is 372 g/mol. The van der Waals surface area contributed by atoms with Crippen molar-refractivity contribution in [1.29, 1.82) is 0 Å². The van der Waals surface area contributed by atoms with Crippen LogP contribution in [0.1, 0.15) is 21.7 Å². The van der Waals surface area contributed by atoms with E-state index in [1.165, 1.54) is 11.0 Å². The molecular formula is C20H16N6O2. The second-order valence-electron chi connectivity index (χ2n) is 5.93. The Morgan fingerprint density at radius 2 is 1.82 bits per heavy atom. The fourth-order valence-corrected chi connectivity index (χ4v) is 2.63. The fraction of sp³-hybridized carbons (Fsp3) is 0.0500. The summed E-state index contributed by atoms with van der Waals surface area (Å²) in [5.41, 5.74) is 5.18. The molecule has 0 atom stereocenters. The van der Waals surface area contributed by atoms with Crippen LogP contribution < -0.4 is 5.43 Å². The second-order valence-corrected chi connectivity index (χ2v) is 5.93. The molecule has 2 aromatic carbocycles. The smallest absolute Gasteiger partial charge is 0.277 e. The van der Waals surface area contributed by atoms with Crippen LogP contribution in [0.25, 0.3) is 17.1 Å². The van der Waals surface area contributed by atoms with Gasteiger partial charge in [-0.15, -0.1) is 5.10 Å². The number of hydrazone groups is 1. The van der Waals surface area contributed by atoms with Crippen LogP contribution in [0.5, 0.6) is 0 Å². The highest BCUT2D eigenvalue weighted by molar-refractivity contribution is 6.00. The Hall–Kier alpha value is -4.07. The van der Waals surface area contributed by atoms with Crippen LogP contribution in [0.15, 0.2) is 76.5 Å². The maximum Gasteiger partial charge on any atom is 0.277 e. The summed E-state index contributed by atoms with van der Waals surface area (Å²) >= 11 is 0. The first-order valence-electron chi connectivity index (χ1n) is 8.55. The first kappa shape index (κ1) is 17.3. The van der Waals surface area contributed by atoms with Gasteiger partial charge in [0.1, 0.15) is 22.7 Å². The van der Waals surface area contributed by atoms with E-state index in [9.17, 15) is 4.79 Å². The van der Waals surface area contributed by atoms with Crippen LogP contribution in [-0.2, 0) is 0 Å². The standard InChI is InChI=1S/C20H16N6O2/c1-14-18(20(27)23-21-12-15-8-4-2-5-9-15)19(25-28-14)17-13-22-26(24-17)16-10-6-3-7-11-16/h2-13H,1H3,(H,23,27)/b21-12+.